The van der Waals surface area contributed by atoms with Crippen molar-refractivity contribution in [3.05, 3.63) is 48.5 Å². The van der Waals surface area contributed by atoms with Gasteiger partial charge in [0.25, 0.3) is 0 Å². The molecule has 0 saturated carbocycles. The molecule has 0 aliphatic carbocycles. The van der Waals surface area contributed by atoms with E-state index in [-0.39, 0.29) is 42.3 Å². The molecule has 8 nitrogen and oxygen atoms in total. The van der Waals surface area contributed by atoms with Gasteiger partial charge in [-0.3, -0.25) is 0 Å². The van der Waals surface area contributed by atoms with E-state index in [1.165, 1.54) is 4.31 Å². The third-order valence-electron chi connectivity index (χ3n) is 6.10. The minimum atomic E-state index is -3.91. The Morgan fingerprint density at radius 2 is 1.94 bits per heavy atom. The van der Waals surface area contributed by atoms with Crippen molar-refractivity contribution in [1.82, 2.24) is 14.5 Å². The van der Waals surface area contributed by atoms with Crippen molar-refractivity contribution >= 4 is 16.1 Å². The Morgan fingerprint density at radius 1 is 1.24 bits per heavy atom. The molecule has 2 N–H and O–H groups in total. The number of sulfonamides is 1. The average Bonchev–Trinajstić information content (AvgIpc) is 2.84. The molecule has 0 bridgehead atoms. The van der Waals surface area contributed by atoms with Gasteiger partial charge >= 0.3 is 6.03 Å². The summed E-state index contributed by atoms with van der Waals surface area (Å²) in [6.45, 7) is 6.30. The first kappa shape index (κ1) is 26.0. The Hall–Kier alpha value is -2.62. The Bertz CT molecular complexity index is 1080. The maximum Gasteiger partial charge on any atom is 0.317 e. The number of aliphatic hydroxyl groups is 1. The molecular formula is C25H35N3O5S. The lowest BCUT2D eigenvalue weighted by molar-refractivity contribution is 0.0813. The van der Waals surface area contributed by atoms with Gasteiger partial charge in [0, 0.05) is 32.1 Å². The molecule has 186 valence electrons. The standard InChI is InChI=1S/C25H35N3O5S/c1-5-13-26-25(30)27(4)16-23-18(2)15-28(19(3)17-29)34(31,32)24-12-11-21(14-22(24)33-23)20-9-7-6-8-10-20/h6-12,14,18-19,23,29H,5,13,15-17H2,1-4H3,(H,26,30)/t18-,19+,23-/m1/s1. The summed E-state index contributed by atoms with van der Waals surface area (Å²) >= 11 is 0. The number of likely N-dealkylation sites (N-methyl/N-ethyl adjacent to an activating group) is 1. The first-order chi connectivity index (χ1) is 16.2. The van der Waals surface area contributed by atoms with Crippen molar-refractivity contribution < 1.29 is 23.1 Å². The zero-order valence-corrected chi connectivity index (χ0v) is 21.1. The van der Waals surface area contributed by atoms with Crippen molar-refractivity contribution in [2.24, 2.45) is 5.92 Å². The molecule has 0 radical (unpaired) electrons. The van der Waals surface area contributed by atoms with Gasteiger partial charge in [-0.15, -0.1) is 0 Å². The molecule has 9 heteroatoms. The number of carbonyl (C=O) groups is 1. The molecule has 0 saturated heterocycles. The lowest BCUT2D eigenvalue weighted by atomic mass is 10.0. The van der Waals surface area contributed by atoms with Crippen molar-refractivity contribution in [2.45, 2.75) is 44.2 Å². The molecule has 0 fully saturated rings. The largest absolute Gasteiger partial charge is 0.487 e. The average molecular weight is 490 g/mol. The third-order valence-corrected chi connectivity index (χ3v) is 8.12. The number of hydrogen-bond donors (Lipinski definition) is 2. The molecule has 2 amide bonds. The topological polar surface area (TPSA) is 99.2 Å². The van der Waals surface area contributed by atoms with Gasteiger partial charge in [-0.2, -0.15) is 4.31 Å². The third kappa shape index (κ3) is 5.71. The van der Waals surface area contributed by atoms with E-state index in [9.17, 15) is 18.3 Å². The fraction of sp³-hybridized carbons (Fsp3) is 0.480. The van der Waals surface area contributed by atoms with Gasteiger partial charge in [0.2, 0.25) is 10.0 Å². The number of nitrogens with one attached hydrogen (secondary N) is 1. The van der Waals surface area contributed by atoms with E-state index in [1.54, 1.807) is 37.1 Å². The predicted octanol–water partition coefficient (Wildman–Crippen LogP) is 3.17. The smallest absolute Gasteiger partial charge is 0.317 e. The van der Waals surface area contributed by atoms with E-state index >= 15 is 0 Å². The number of carbonyl (C=O) groups excluding carboxylic acids is 1. The highest BCUT2D eigenvalue weighted by molar-refractivity contribution is 7.89. The highest BCUT2D eigenvalue weighted by Gasteiger charge is 2.38. The highest BCUT2D eigenvalue weighted by Crippen LogP contribution is 2.36. The maximum absolute atomic E-state index is 13.6. The number of amides is 2. The van der Waals surface area contributed by atoms with Crippen molar-refractivity contribution in [3.63, 3.8) is 0 Å². The zero-order chi connectivity index (χ0) is 24.9. The lowest BCUT2D eigenvalue weighted by Gasteiger charge is -2.37. The van der Waals surface area contributed by atoms with Crippen LogP contribution in [0.15, 0.2) is 53.4 Å². The fourth-order valence-electron chi connectivity index (χ4n) is 3.97. The lowest BCUT2D eigenvalue weighted by Crippen LogP contribution is -2.51. The van der Waals surface area contributed by atoms with Gasteiger partial charge in [-0.05, 0) is 36.6 Å². The molecule has 3 rings (SSSR count). The summed E-state index contributed by atoms with van der Waals surface area (Å²) in [6.07, 6.45) is 0.378. The molecule has 3 atom stereocenters. The number of rotatable bonds is 7. The van der Waals surface area contributed by atoms with E-state index in [1.807, 2.05) is 44.2 Å². The van der Waals surface area contributed by atoms with Gasteiger partial charge in [-0.25, -0.2) is 13.2 Å². The van der Waals surface area contributed by atoms with Crippen LogP contribution >= 0.6 is 0 Å². The zero-order valence-electron chi connectivity index (χ0n) is 20.3. The van der Waals surface area contributed by atoms with Gasteiger partial charge in [0.1, 0.15) is 16.7 Å². The SMILES string of the molecule is CCCNC(=O)N(C)C[C@H]1Oc2cc(-c3ccccc3)ccc2S(=O)(=O)N([C@@H](C)CO)C[C@H]1C. The van der Waals surface area contributed by atoms with Gasteiger partial charge < -0.3 is 20.1 Å². The second kappa shape index (κ2) is 11.2. The van der Waals surface area contributed by atoms with Gasteiger partial charge in [0.05, 0.1) is 13.2 Å². The van der Waals surface area contributed by atoms with Gasteiger partial charge in [0.15, 0.2) is 0 Å². The van der Waals surface area contributed by atoms with Crippen LogP contribution in [0.25, 0.3) is 11.1 Å². The number of nitrogens with zero attached hydrogens (tertiary/aromatic N) is 2. The Labute approximate surface area is 202 Å². The minimum Gasteiger partial charge on any atom is -0.487 e. The summed E-state index contributed by atoms with van der Waals surface area (Å²) in [5.41, 5.74) is 1.77. The summed E-state index contributed by atoms with van der Waals surface area (Å²) in [5, 5.41) is 12.6. The molecule has 34 heavy (non-hydrogen) atoms. The molecule has 2 aromatic rings. The first-order valence-corrected chi connectivity index (χ1v) is 13.1. The molecule has 2 aromatic carbocycles. The number of hydrogen-bond acceptors (Lipinski definition) is 5. The van der Waals surface area contributed by atoms with E-state index in [2.05, 4.69) is 5.32 Å². The quantitative estimate of drug-likeness (QED) is 0.622. The van der Waals surface area contributed by atoms with Crippen LogP contribution < -0.4 is 10.1 Å². The maximum atomic E-state index is 13.6. The molecule has 1 heterocycles. The molecule has 1 aliphatic heterocycles. The van der Waals surface area contributed by atoms with Gasteiger partial charge in [-0.1, -0.05) is 50.2 Å². The van der Waals surface area contributed by atoms with Crippen molar-refractivity contribution in [2.75, 3.05) is 33.3 Å². The molecule has 0 unspecified atom stereocenters. The van der Waals surface area contributed by atoms with E-state index in [4.69, 9.17) is 4.74 Å². The molecular weight excluding hydrogens is 454 g/mol. The number of benzene rings is 2. The number of aliphatic hydroxyl groups excluding tert-OH is 1. The minimum absolute atomic E-state index is 0.0578. The van der Waals surface area contributed by atoms with Crippen LogP contribution in [0.1, 0.15) is 27.2 Å². The molecule has 0 spiro atoms. The fourth-order valence-corrected chi connectivity index (χ4v) is 5.80. The first-order valence-electron chi connectivity index (χ1n) is 11.7. The summed E-state index contributed by atoms with van der Waals surface area (Å²) in [5.74, 6) is 0.00846. The van der Waals surface area contributed by atoms with Crippen LogP contribution in [0.3, 0.4) is 0 Å². The van der Waals surface area contributed by atoms with Crippen LogP contribution in [-0.2, 0) is 10.0 Å². The predicted molar refractivity (Wildman–Crippen MR) is 132 cm³/mol. The van der Waals surface area contributed by atoms with E-state index < -0.39 is 22.2 Å². The summed E-state index contributed by atoms with van der Waals surface area (Å²) in [7, 11) is -2.21. The van der Waals surface area contributed by atoms with Crippen LogP contribution in [0, 0.1) is 5.92 Å². The summed E-state index contributed by atoms with van der Waals surface area (Å²) in [4.78, 5) is 14.1. The van der Waals surface area contributed by atoms with Crippen LogP contribution in [0.5, 0.6) is 5.75 Å². The molecule has 0 aromatic heterocycles. The summed E-state index contributed by atoms with van der Waals surface area (Å²) < 4.78 is 34.9. The Kier molecular flexibility index (Phi) is 8.57. The van der Waals surface area contributed by atoms with Crippen molar-refractivity contribution in [3.8, 4) is 16.9 Å². The number of fused-ring (bicyclic) bond motifs is 1. The normalized spacial score (nSPS) is 20.9. The Balaban J connectivity index is 2.04. The molecule has 1 aliphatic rings. The number of ether oxygens (including phenoxy) is 1. The van der Waals surface area contributed by atoms with Crippen LogP contribution in [0.4, 0.5) is 4.79 Å². The van der Waals surface area contributed by atoms with Crippen molar-refractivity contribution in [1.29, 1.82) is 0 Å². The summed E-state index contributed by atoms with van der Waals surface area (Å²) in [6, 6.07) is 13.9. The van der Waals surface area contributed by atoms with E-state index in [0.717, 1.165) is 17.5 Å². The second-order valence-electron chi connectivity index (χ2n) is 8.88. The number of urea groups is 1. The van der Waals surface area contributed by atoms with Crippen LogP contribution in [0.2, 0.25) is 0 Å². The monoisotopic (exact) mass is 489 g/mol. The second-order valence-corrected chi connectivity index (χ2v) is 10.7. The highest BCUT2D eigenvalue weighted by atomic mass is 32.2. The van der Waals surface area contributed by atoms with Crippen LogP contribution in [-0.4, -0.2) is 74.2 Å². The Morgan fingerprint density at radius 3 is 2.59 bits per heavy atom. The van der Waals surface area contributed by atoms with E-state index in [0.29, 0.717) is 6.54 Å².